The van der Waals surface area contributed by atoms with Gasteiger partial charge in [0.25, 0.3) is 0 Å². The van der Waals surface area contributed by atoms with Gasteiger partial charge in [-0.2, -0.15) is 10.2 Å². The third-order valence-corrected chi connectivity index (χ3v) is 7.58. The van der Waals surface area contributed by atoms with Crippen LogP contribution in [0.5, 0.6) is 0 Å². The first kappa shape index (κ1) is 21.5. The fourth-order valence-corrected chi connectivity index (χ4v) is 6.15. The number of carbonyl (C=O) groups excluding carboxylic acids is 1. The molecule has 0 aliphatic carbocycles. The van der Waals surface area contributed by atoms with E-state index in [4.69, 9.17) is 11.4 Å². The summed E-state index contributed by atoms with van der Waals surface area (Å²) in [6, 6.07) is 0.246. The summed E-state index contributed by atoms with van der Waals surface area (Å²) >= 11 is 1.64. The SMILES string of the molecule is C#CCCC1(CCC(=O)N2C3CCC2CC(O)(Cc2nc(C(C)(C)C)cs2)C3)N=N1. The first-order chi connectivity index (χ1) is 14.1. The van der Waals surface area contributed by atoms with Gasteiger partial charge < -0.3 is 10.0 Å². The van der Waals surface area contributed by atoms with Gasteiger partial charge in [-0.3, -0.25) is 4.79 Å². The van der Waals surface area contributed by atoms with Crippen molar-refractivity contribution in [3.8, 4) is 12.3 Å². The molecule has 1 N–H and O–H groups in total. The maximum atomic E-state index is 13.0. The van der Waals surface area contributed by atoms with Gasteiger partial charge in [-0.25, -0.2) is 4.98 Å². The number of piperidine rings is 1. The predicted octanol–water partition coefficient (Wildman–Crippen LogP) is 4.22. The Balaban J connectivity index is 1.35. The first-order valence-electron chi connectivity index (χ1n) is 11.0. The molecule has 0 radical (unpaired) electrons. The van der Waals surface area contributed by atoms with E-state index in [1.165, 1.54) is 0 Å². The van der Waals surface area contributed by atoms with E-state index in [0.717, 1.165) is 30.0 Å². The highest BCUT2D eigenvalue weighted by atomic mass is 32.1. The molecule has 6 nitrogen and oxygen atoms in total. The van der Waals surface area contributed by atoms with Crippen molar-refractivity contribution in [2.45, 2.75) is 107 Å². The molecule has 162 valence electrons. The third kappa shape index (κ3) is 4.45. The average Bonchev–Trinajstić information content (AvgIpc) is 3.17. The predicted molar refractivity (Wildman–Crippen MR) is 117 cm³/mol. The lowest BCUT2D eigenvalue weighted by atomic mass is 9.83. The summed E-state index contributed by atoms with van der Waals surface area (Å²) in [7, 11) is 0. The average molecular weight is 429 g/mol. The number of rotatable bonds is 7. The maximum Gasteiger partial charge on any atom is 0.223 e. The second kappa shape index (κ2) is 7.72. The van der Waals surface area contributed by atoms with Crippen molar-refractivity contribution in [1.82, 2.24) is 9.88 Å². The van der Waals surface area contributed by atoms with E-state index in [1.54, 1.807) is 11.3 Å². The maximum absolute atomic E-state index is 13.0. The van der Waals surface area contributed by atoms with E-state index in [1.807, 2.05) is 4.90 Å². The lowest BCUT2D eigenvalue weighted by molar-refractivity contribution is -0.141. The van der Waals surface area contributed by atoms with Gasteiger partial charge in [-0.1, -0.05) is 20.8 Å². The van der Waals surface area contributed by atoms with Crippen LogP contribution in [0.3, 0.4) is 0 Å². The number of thiazole rings is 1. The highest BCUT2D eigenvalue weighted by Crippen LogP contribution is 2.44. The minimum absolute atomic E-state index is 0.0177. The van der Waals surface area contributed by atoms with Crippen LogP contribution in [0.2, 0.25) is 0 Å². The monoisotopic (exact) mass is 428 g/mol. The molecule has 2 unspecified atom stereocenters. The molecule has 4 rings (SSSR count). The van der Waals surface area contributed by atoms with Crippen LogP contribution in [0.1, 0.15) is 82.8 Å². The minimum Gasteiger partial charge on any atom is -0.389 e. The quantitative estimate of drug-likeness (QED) is 0.660. The molecule has 0 aromatic carbocycles. The Labute approximate surface area is 183 Å². The standard InChI is InChI=1S/C23H32N4O2S/c1-5-6-10-23(25-26-23)11-9-20(28)27-16-7-8-17(27)13-22(29,12-16)14-19-24-18(15-30-19)21(2,3)4/h1,15-17,29H,6-14H2,2-4H3. The van der Waals surface area contributed by atoms with E-state index in [0.29, 0.717) is 38.5 Å². The van der Waals surface area contributed by atoms with Crippen LogP contribution in [0.15, 0.2) is 15.6 Å². The Morgan fingerprint density at radius 1 is 1.30 bits per heavy atom. The van der Waals surface area contributed by atoms with Crippen molar-refractivity contribution in [3.63, 3.8) is 0 Å². The number of hydrogen-bond donors (Lipinski definition) is 1. The molecule has 7 heteroatoms. The second-order valence-electron chi connectivity index (χ2n) is 10.3. The fourth-order valence-electron chi connectivity index (χ4n) is 5.00. The zero-order chi connectivity index (χ0) is 21.6. The highest BCUT2D eigenvalue weighted by molar-refractivity contribution is 7.09. The molecular weight excluding hydrogens is 396 g/mol. The van der Waals surface area contributed by atoms with Gasteiger partial charge in [0.2, 0.25) is 5.91 Å². The van der Waals surface area contributed by atoms with Crippen molar-refractivity contribution in [2.75, 3.05) is 0 Å². The minimum atomic E-state index is -0.773. The smallest absolute Gasteiger partial charge is 0.223 e. The van der Waals surface area contributed by atoms with Gasteiger partial charge in [0.15, 0.2) is 5.66 Å². The second-order valence-corrected chi connectivity index (χ2v) is 11.2. The van der Waals surface area contributed by atoms with Gasteiger partial charge >= 0.3 is 0 Å². The number of terminal acetylenes is 1. The number of amides is 1. The molecule has 2 fully saturated rings. The van der Waals surface area contributed by atoms with Crippen molar-refractivity contribution < 1.29 is 9.90 Å². The van der Waals surface area contributed by atoms with Crippen LogP contribution in [-0.4, -0.2) is 44.2 Å². The Hall–Kier alpha value is -1.78. The zero-order valence-corrected chi connectivity index (χ0v) is 19.0. The van der Waals surface area contributed by atoms with Crippen LogP contribution in [-0.2, 0) is 16.6 Å². The molecule has 0 saturated carbocycles. The molecule has 1 aromatic heterocycles. The molecule has 3 aliphatic rings. The summed E-state index contributed by atoms with van der Waals surface area (Å²) in [6.07, 6.45) is 11.6. The Kier molecular flexibility index (Phi) is 5.52. The number of aromatic nitrogens is 1. The number of hydrogen-bond acceptors (Lipinski definition) is 6. The molecule has 3 aliphatic heterocycles. The Morgan fingerprint density at radius 3 is 2.50 bits per heavy atom. The van der Waals surface area contributed by atoms with E-state index in [-0.39, 0.29) is 23.4 Å². The summed E-state index contributed by atoms with van der Waals surface area (Å²) in [6.45, 7) is 6.47. The van der Waals surface area contributed by atoms with E-state index in [2.05, 4.69) is 42.3 Å². The molecule has 2 bridgehead atoms. The molecule has 1 aromatic rings. The van der Waals surface area contributed by atoms with Gasteiger partial charge in [0, 0.05) is 55.0 Å². The topological polar surface area (TPSA) is 78.2 Å². The first-order valence-corrected chi connectivity index (χ1v) is 11.9. The molecule has 2 atom stereocenters. The number of fused-ring (bicyclic) bond motifs is 2. The highest BCUT2D eigenvalue weighted by Gasteiger charge is 2.50. The largest absolute Gasteiger partial charge is 0.389 e. The summed E-state index contributed by atoms with van der Waals surface area (Å²) < 4.78 is 0. The van der Waals surface area contributed by atoms with Crippen molar-refractivity contribution in [1.29, 1.82) is 0 Å². The van der Waals surface area contributed by atoms with Crippen LogP contribution in [0.4, 0.5) is 0 Å². The van der Waals surface area contributed by atoms with E-state index in [9.17, 15) is 9.90 Å². The van der Waals surface area contributed by atoms with E-state index < -0.39 is 11.3 Å². The fraction of sp³-hybridized carbons (Fsp3) is 0.739. The van der Waals surface area contributed by atoms with Crippen molar-refractivity contribution >= 4 is 17.2 Å². The number of nitrogens with zero attached hydrogens (tertiary/aromatic N) is 4. The normalized spacial score (nSPS) is 29.1. The third-order valence-electron chi connectivity index (χ3n) is 6.73. The summed E-state index contributed by atoms with van der Waals surface area (Å²) in [4.78, 5) is 19.8. The molecular formula is C23H32N4O2S. The van der Waals surface area contributed by atoms with E-state index >= 15 is 0 Å². The number of aliphatic hydroxyl groups is 1. The summed E-state index contributed by atoms with van der Waals surface area (Å²) in [5.41, 5.74) is -0.0848. The molecule has 30 heavy (non-hydrogen) atoms. The lowest BCUT2D eigenvalue weighted by Crippen LogP contribution is -2.54. The summed E-state index contributed by atoms with van der Waals surface area (Å²) in [5.74, 6) is 2.80. The van der Waals surface area contributed by atoms with Crippen LogP contribution in [0.25, 0.3) is 0 Å². The summed E-state index contributed by atoms with van der Waals surface area (Å²) in [5, 5.41) is 22.8. The Morgan fingerprint density at radius 2 is 1.97 bits per heavy atom. The van der Waals surface area contributed by atoms with Gasteiger partial charge in [0.05, 0.1) is 16.3 Å². The van der Waals surface area contributed by atoms with Gasteiger partial charge in [0.1, 0.15) is 0 Å². The lowest BCUT2D eigenvalue weighted by Gasteiger charge is -2.43. The zero-order valence-electron chi connectivity index (χ0n) is 18.2. The molecule has 0 spiro atoms. The van der Waals surface area contributed by atoms with Crippen molar-refractivity contribution in [3.05, 3.63) is 16.1 Å². The van der Waals surface area contributed by atoms with Gasteiger partial charge in [-0.05, 0) is 25.7 Å². The van der Waals surface area contributed by atoms with Crippen LogP contribution in [0, 0.1) is 12.3 Å². The van der Waals surface area contributed by atoms with Gasteiger partial charge in [-0.15, -0.1) is 23.7 Å². The molecule has 4 heterocycles. The Bertz CT molecular complexity index is 858. The van der Waals surface area contributed by atoms with Crippen LogP contribution >= 0.6 is 11.3 Å². The van der Waals surface area contributed by atoms with Crippen molar-refractivity contribution in [2.24, 2.45) is 10.2 Å². The van der Waals surface area contributed by atoms with Crippen LogP contribution < -0.4 is 0 Å². The number of carbonyl (C=O) groups is 1. The molecule has 1 amide bonds. The molecule has 2 saturated heterocycles.